The van der Waals surface area contributed by atoms with Gasteiger partial charge in [0.25, 0.3) is 11.8 Å². The molecule has 0 aliphatic heterocycles. The summed E-state index contributed by atoms with van der Waals surface area (Å²) in [5.41, 5.74) is 8.10. The molecule has 0 aliphatic rings. The van der Waals surface area contributed by atoms with E-state index >= 15 is 0 Å². The Bertz CT molecular complexity index is 1130. The Morgan fingerprint density at radius 2 is 1.41 bits per heavy atom. The van der Waals surface area contributed by atoms with Crippen LogP contribution in [-0.4, -0.2) is 27.0 Å². The number of amides is 2. The topological polar surface area (TPSA) is 113 Å². The lowest BCUT2D eigenvalue weighted by atomic mass is 10.1. The average Bonchev–Trinajstić information content (AvgIpc) is 3.45. The fourth-order valence-electron chi connectivity index (χ4n) is 2.64. The number of benzene rings is 2. The van der Waals surface area contributed by atoms with Crippen LogP contribution in [0.3, 0.4) is 0 Å². The number of hydrogen-bond acceptors (Lipinski definition) is 5. The molecule has 0 radical (unpaired) electrons. The minimum absolute atomic E-state index is 0.349. The highest BCUT2D eigenvalue weighted by Gasteiger charge is 2.13. The van der Waals surface area contributed by atoms with Crippen LogP contribution < -0.4 is 10.9 Å². The molecule has 0 spiro atoms. The Balaban J connectivity index is 1.42. The van der Waals surface area contributed by atoms with Gasteiger partial charge in [-0.05, 0) is 55.5 Å². The molecule has 2 aromatic heterocycles. The molecule has 4 aromatic rings. The van der Waals surface area contributed by atoms with Crippen LogP contribution in [0.15, 0.2) is 71.3 Å². The van der Waals surface area contributed by atoms with Crippen molar-refractivity contribution in [1.29, 1.82) is 0 Å². The number of nitrogens with one attached hydrogen (secondary N) is 3. The summed E-state index contributed by atoms with van der Waals surface area (Å²) in [6.45, 7) is 2.01. The standard InChI is InChI=1S/C21H17N5O3/c1-13-4-6-15(7-5-13)20-25-26-21(29-20)16-10-8-14(9-11-16)18(27)23-24-19(28)17-3-2-12-22-17/h2-12,22H,1H3,(H,23,27)(H,24,28). The van der Waals surface area contributed by atoms with Crippen LogP contribution in [-0.2, 0) is 0 Å². The van der Waals surface area contributed by atoms with E-state index in [2.05, 4.69) is 26.0 Å². The van der Waals surface area contributed by atoms with Crippen molar-refractivity contribution >= 4 is 11.8 Å². The van der Waals surface area contributed by atoms with E-state index in [0.717, 1.165) is 11.1 Å². The third-order valence-corrected chi connectivity index (χ3v) is 4.25. The van der Waals surface area contributed by atoms with Crippen molar-refractivity contribution in [2.24, 2.45) is 0 Å². The molecule has 0 unspecified atom stereocenters. The Morgan fingerprint density at radius 3 is 2.00 bits per heavy atom. The number of carbonyl (C=O) groups excluding carboxylic acids is 2. The third kappa shape index (κ3) is 4.06. The van der Waals surface area contributed by atoms with Crippen molar-refractivity contribution in [2.75, 3.05) is 0 Å². The maximum absolute atomic E-state index is 12.2. The van der Waals surface area contributed by atoms with Gasteiger partial charge in [0.05, 0.1) is 0 Å². The van der Waals surface area contributed by atoms with E-state index in [1.54, 1.807) is 42.6 Å². The summed E-state index contributed by atoms with van der Waals surface area (Å²) in [5, 5.41) is 8.15. The Morgan fingerprint density at radius 1 is 0.828 bits per heavy atom. The number of hydrogen-bond donors (Lipinski definition) is 3. The number of aromatic amines is 1. The van der Waals surface area contributed by atoms with Crippen molar-refractivity contribution in [1.82, 2.24) is 26.0 Å². The lowest BCUT2D eigenvalue weighted by Crippen LogP contribution is -2.41. The Kier molecular flexibility index (Phi) is 4.90. The van der Waals surface area contributed by atoms with Crippen LogP contribution >= 0.6 is 0 Å². The smallest absolute Gasteiger partial charge is 0.286 e. The average molecular weight is 387 g/mol. The van der Waals surface area contributed by atoms with Crippen molar-refractivity contribution < 1.29 is 14.0 Å². The highest BCUT2D eigenvalue weighted by Crippen LogP contribution is 2.24. The lowest BCUT2D eigenvalue weighted by molar-refractivity contribution is 0.0844. The third-order valence-electron chi connectivity index (χ3n) is 4.25. The van der Waals surface area contributed by atoms with Crippen LogP contribution in [0.25, 0.3) is 22.9 Å². The molecule has 8 heteroatoms. The van der Waals surface area contributed by atoms with Gasteiger partial charge >= 0.3 is 0 Å². The summed E-state index contributed by atoms with van der Waals surface area (Å²) in [4.78, 5) is 26.8. The molecule has 0 atom stereocenters. The lowest BCUT2D eigenvalue weighted by Gasteiger charge is -2.06. The molecular formula is C21H17N5O3. The predicted octanol–water partition coefficient (Wildman–Crippen LogP) is 3.11. The van der Waals surface area contributed by atoms with E-state index in [1.807, 2.05) is 31.2 Å². The molecule has 2 amide bonds. The van der Waals surface area contributed by atoms with Gasteiger partial charge in [0.2, 0.25) is 11.8 Å². The summed E-state index contributed by atoms with van der Waals surface area (Å²) < 4.78 is 5.73. The van der Waals surface area contributed by atoms with Crippen molar-refractivity contribution in [2.45, 2.75) is 6.92 Å². The van der Waals surface area contributed by atoms with Gasteiger partial charge in [-0.1, -0.05) is 17.7 Å². The first kappa shape index (κ1) is 18.2. The van der Waals surface area contributed by atoms with E-state index in [-0.39, 0.29) is 0 Å². The van der Waals surface area contributed by atoms with Crippen molar-refractivity contribution in [3.05, 3.63) is 83.7 Å². The Labute approximate surface area is 166 Å². The second-order valence-electron chi connectivity index (χ2n) is 6.35. The monoisotopic (exact) mass is 387 g/mol. The van der Waals surface area contributed by atoms with Gasteiger partial charge in [-0.3, -0.25) is 20.4 Å². The van der Waals surface area contributed by atoms with Gasteiger partial charge in [0, 0.05) is 22.9 Å². The first-order valence-electron chi connectivity index (χ1n) is 8.85. The fourth-order valence-corrected chi connectivity index (χ4v) is 2.64. The van der Waals surface area contributed by atoms with Crippen LogP contribution in [0.5, 0.6) is 0 Å². The second-order valence-corrected chi connectivity index (χ2v) is 6.35. The number of aryl methyl sites for hydroxylation is 1. The molecule has 0 bridgehead atoms. The summed E-state index contributed by atoms with van der Waals surface area (Å²) in [6, 6.07) is 17.7. The molecule has 0 saturated heterocycles. The number of aromatic nitrogens is 3. The molecule has 0 saturated carbocycles. The van der Waals surface area contributed by atoms with E-state index in [9.17, 15) is 9.59 Å². The molecule has 0 aliphatic carbocycles. The minimum atomic E-state index is -0.442. The molecule has 2 aromatic carbocycles. The van der Waals surface area contributed by atoms with Gasteiger partial charge < -0.3 is 9.40 Å². The first-order chi connectivity index (χ1) is 14.1. The number of nitrogens with zero attached hydrogens (tertiary/aromatic N) is 2. The molecule has 29 heavy (non-hydrogen) atoms. The van der Waals surface area contributed by atoms with Gasteiger partial charge in [0.1, 0.15) is 5.69 Å². The van der Waals surface area contributed by atoms with E-state index in [4.69, 9.17) is 4.42 Å². The SMILES string of the molecule is Cc1ccc(-c2nnc(-c3ccc(C(=O)NNC(=O)c4ccc[nH]4)cc3)o2)cc1. The summed E-state index contributed by atoms with van der Waals surface area (Å²) >= 11 is 0. The quantitative estimate of drug-likeness (QED) is 0.466. The Hall–Kier alpha value is -4.20. The second kappa shape index (κ2) is 7.81. The van der Waals surface area contributed by atoms with Gasteiger partial charge in [-0.2, -0.15) is 0 Å². The molecule has 144 valence electrons. The van der Waals surface area contributed by atoms with Crippen LogP contribution in [0.2, 0.25) is 0 Å². The van der Waals surface area contributed by atoms with Crippen molar-refractivity contribution in [3.8, 4) is 22.9 Å². The zero-order chi connectivity index (χ0) is 20.2. The van der Waals surface area contributed by atoms with Crippen LogP contribution in [0, 0.1) is 6.92 Å². The van der Waals surface area contributed by atoms with Crippen LogP contribution in [0.4, 0.5) is 0 Å². The molecular weight excluding hydrogens is 370 g/mol. The number of H-pyrrole nitrogens is 1. The summed E-state index contributed by atoms with van der Waals surface area (Å²) in [7, 11) is 0. The summed E-state index contributed by atoms with van der Waals surface area (Å²) in [6.07, 6.45) is 1.62. The first-order valence-corrected chi connectivity index (χ1v) is 8.85. The molecule has 8 nitrogen and oxygen atoms in total. The number of hydrazine groups is 1. The van der Waals surface area contributed by atoms with Gasteiger partial charge in [-0.25, -0.2) is 0 Å². The maximum atomic E-state index is 12.2. The van der Waals surface area contributed by atoms with Gasteiger partial charge in [-0.15, -0.1) is 10.2 Å². The zero-order valence-electron chi connectivity index (χ0n) is 15.5. The fraction of sp³-hybridized carbons (Fsp3) is 0.0476. The number of rotatable bonds is 4. The zero-order valence-corrected chi connectivity index (χ0v) is 15.5. The van der Waals surface area contributed by atoms with E-state index in [0.29, 0.717) is 28.6 Å². The van der Waals surface area contributed by atoms with E-state index in [1.165, 1.54) is 0 Å². The van der Waals surface area contributed by atoms with E-state index < -0.39 is 11.8 Å². The maximum Gasteiger partial charge on any atom is 0.286 e. The normalized spacial score (nSPS) is 10.5. The summed E-state index contributed by atoms with van der Waals surface area (Å²) in [5.74, 6) is -0.0989. The van der Waals surface area contributed by atoms with Crippen LogP contribution in [0.1, 0.15) is 26.4 Å². The van der Waals surface area contributed by atoms with Gasteiger partial charge in [0.15, 0.2) is 0 Å². The molecule has 0 fully saturated rings. The predicted molar refractivity (Wildman–Crippen MR) is 106 cm³/mol. The molecule has 3 N–H and O–H groups in total. The molecule has 4 rings (SSSR count). The largest absolute Gasteiger partial charge is 0.416 e. The minimum Gasteiger partial charge on any atom is -0.416 e. The molecule has 2 heterocycles. The van der Waals surface area contributed by atoms with Crippen molar-refractivity contribution in [3.63, 3.8) is 0 Å². The number of carbonyl (C=O) groups is 2. The highest BCUT2D eigenvalue weighted by molar-refractivity contribution is 5.98. The highest BCUT2D eigenvalue weighted by atomic mass is 16.4.